The Bertz CT molecular complexity index is 640. The van der Waals surface area contributed by atoms with Crippen LogP contribution in [-0.2, 0) is 11.8 Å². The van der Waals surface area contributed by atoms with Crippen molar-refractivity contribution in [2.24, 2.45) is 13.0 Å². The number of ether oxygens (including phenoxy) is 1. The topological polar surface area (TPSA) is 67.2 Å². The number of hydrogen-bond donors (Lipinski definition) is 0. The quantitative estimate of drug-likeness (QED) is 0.429. The highest BCUT2D eigenvalue weighted by Crippen LogP contribution is 2.39. The van der Waals surface area contributed by atoms with Crippen LogP contribution in [0.2, 0.25) is 0 Å². The number of thioether (sulfide) groups is 1. The van der Waals surface area contributed by atoms with Crippen molar-refractivity contribution in [1.82, 2.24) is 9.78 Å². The molecule has 0 aromatic carbocycles. The molecule has 6 nitrogen and oxygen atoms in total. The Morgan fingerprint density at radius 2 is 1.96 bits per heavy atom. The number of carbonyl (C=O) groups is 1. The van der Waals surface area contributed by atoms with Gasteiger partial charge in [-0.2, -0.15) is 9.89 Å². The second-order valence-electron chi connectivity index (χ2n) is 7.48. The van der Waals surface area contributed by atoms with Crippen molar-refractivity contribution >= 4 is 17.9 Å². The zero-order chi connectivity index (χ0) is 19.7. The number of alkyl halides is 3. The van der Waals surface area contributed by atoms with Crippen LogP contribution in [0.1, 0.15) is 45.7 Å². The minimum absolute atomic E-state index is 0.0880. The molecule has 0 radical (unpaired) electrons. The van der Waals surface area contributed by atoms with E-state index in [-0.39, 0.29) is 30.8 Å². The molecule has 0 N–H and O–H groups in total. The summed E-state index contributed by atoms with van der Waals surface area (Å²) in [6, 6.07) is 0. The van der Waals surface area contributed by atoms with Gasteiger partial charge >= 0.3 is 6.09 Å². The monoisotopic (exact) mass is 395 g/mol. The molecule has 0 spiro atoms. The predicted octanol–water partition coefficient (Wildman–Crippen LogP) is 4.41. The molecule has 0 bridgehead atoms. The van der Waals surface area contributed by atoms with Crippen LogP contribution in [0.5, 0.6) is 0 Å². The lowest BCUT2D eigenvalue weighted by Crippen LogP contribution is -2.54. The number of likely N-dealkylation sites (tertiary alicyclic amines) is 1. The van der Waals surface area contributed by atoms with Crippen molar-refractivity contribution < 1.29 is 27.3 Å². The van der Waals surface area contributed by atoms with E-state index in [2.05, 4.69) is 5.10 Å². The number of hydroxylamine groups is 3. The van der Waals surface area contributed by atoms with Crippen LogP contribution in [-0.4, -0.2) is 44.7 Å². The van der Waals surface area contributed by atoms with Crippen LogP contribution in [0.15, 0.2) is 11.1 Å². The van der Waals surface area contributed by atoms with E-state index in [0.29, 0.717) is 11.8 Å². The number of rotatable bonds is 4. The summed E-state index contributed by atoms with van der Waals surface area (Å²) >= 11 is 0.689. The average Bonchev–Trinajstić information content (AvgIpc) is 2.87. The standard InChI is InChI=1S/C16H24F3N3O3S/c1-16(2,3)25-15(23)22(24)7-5-10(6-8-22)14(19)26-11-9-21(4)20-12(11)13(17)18/h9-10,13-14H,5-8H2,1-4H3. The van der Waals surface area contributed by atoms with Crippen molar-refractivity contribution in [3.05, 3.63) is 17.1 Å². The normalized spacial score (nSPS) is 25.3. The van der Waals surface area contributed by atoms with Gasteiger partial charge in [0.05, 0.1) is 18.0 Å². The van der Waals surface area contributed by atoms with Gasteiger partial charge in [-0.15, -0.1) is 0 Å². The first-order chi connectivity index (χ1) is 11.9. The first-order valence-electron chi connectivity index (χ1n) is 8.35. The molecule has 0 aliphatic carbocycles. The smallest absolute Gasteiger partial charge is 0.516 e. The summed E-state index contributed by atoms with van der Waals surface area (Å²) in [4.78, 5) is 12.2. The van der Waals surface area contributed by atoms with Gasteiger partial charge in [-0.1, -0.05) is 11.8 Å². The van der Waals surface area contributed by atoms with Gasteiger partial charge in [-0.25, -0.2) is 13.2 Å². The molecule has 26 heavy (non-hydrogen) atoms. The molecule has 10 heteroatoms. The summed E-state index contributed by atoms with van der Waals surface area (Å²) in [5.41, 5.74) is -2.67. The summed E-state index contributed by atoms with van der Waals surface area (Å²) in [5, 5.41) is 16.2. The van der Waals surface area contributed by atoms with Crippen LogP contribution in [0.4, 0.5) is 18.0 Å². The average molecular weight is 395 g/mol. The number of piperidine rings is 1. The number of halogens is 3. The molecule has 0 saturated carbocycles. The molecule has 2 rings (SSSR count). The van der Waals surface area contributed by atoms with Crippen LogP contribution in [0.25, 0.3) is 0 Å². The van der Waals surface area contributed by atoms with Crippen molar-refractivity contribution in [2.75, 3.05) is 13.1 Å². The van der Waals surface area contributed by atoms with Crippen LogP contribution in [0.3, 0.4) is 0 Å². The molecule has 1 fully saturated rings. The highest BCUT2D eigenvalue weighted by molar-refractivity contribution is 7.99. The lowest BCUT2D eigenvalue weighted by molar-refractivity contribution is -0.815. The summed E-state index contributed by atoms with van der Waals surface area (Å²) in [6.07, 6.45) is -1.93. The molecular formula is C16H24F3N3O3S. The van der Waals surface area contributed by atoms with Crippen LogP contribution in [0, 0.1) is 11.1 Å². The fourth-order valence-electron chi connectivity index (χ4n) is 2.74. The van der Waals surface area contributed by atoms with E-state index in [1.165, 1.54) is 17.9 Å². The van der Waals surface area contributed by atoms with Crippen molar-refractivity contribution in [2.45, 2.75) is 56.0 Å². The fraction of sp³-hybridized carbons (Fsp3) is 0.750. The number of carbonyl (C=O) groups excluding carboxylic acids is 1. The number of nitrogens with zero attached hydrogens (tertiary/aromatic N) is 3. The zero-order valence-electron chi connectivity index (χ0n) is 15.2. The Kier molecular flexibility index (Phi) is 6.29. The molecule has 1 aliphatic heterocycles. The minimum Gasteiger partial charge on any atom is -0.622 e. The van der Waals surface area contributed by atoms with Crippen LogP contribution < -0.4 is 0 Å². The maximum Gasteiger partial charge on any atom is 0.516 e. The van der Waals surface area contributed by atoms with Gasteiger partial charge in [0.1, 0.15) is 11.3 Å². The third kappa shape index (κ3) is 5.14. The molecule has 2 heterocycles. The van der Waals surface area contributed by atoms with Gasteiger partial charge in [0, 0.05) is 32.0 Å². The molecule has 1 unspecified atom stereocenters. The molecule has 1 aromatic heterocycles. The van der Waals surface area contributed by atoms with E-state index >= 15 is 0 Å². The minimum atomic E-state index is -2.78. The Labute approximate surface area is 154 Å². The van der Waals surface area contributed by atoms with Crippen molar-refractivity contribution in [1.29, 1.82) is 0 Å². The molecule has 1 atom stereocenters. The molecule has 1 amide bonds. The molecule has 1 saturated heterocycles. The highest BCUT2D eigenvalue weighted by atomic mass is 32.2. The number of amides is 1. The Balaban J connectivity index is 1.96. The lowest BCUT2D eigenvalue weighted by atomic mass is 9.98. The van der Waals surface area contributed by atoms with E-state index in [1.54, 1.807) is 20.8 Å². The predicted molar refractivity (Wildman–Crippen MR) is 91.2 cm³/mol. The second-order valence-corrected chi connectivity index (χ2v) is 8.60. The zero-order valence-corrected chi connectivity index (χ0v) is 16.1. The van der Waals surface area contributed by atoms with E-state index in [0.717, 1.165) is 0 Å². The SMILES string of the molecule is Cn1cc(SC(F)C2CC[N+]([O-])(C(=O)OC(C)(C)C)CC2)c(C(F)F)n1. The van der Waals surface area contributed by atoms with Gasteiger partial charge in [-0.05, 0) is 20.8 Å². The molecule has 1 aromatic rings. The number of aromatic nitrogens is 2. The third-order valence-electron chi connectivity index (χ3n) is 4.09. The largest absolute Gasteiger partial charge is 0.622 e. The molecular weight excluding hydrogens is 371 g/mol. The van der Waals surface area contributed by atoms with E-state index in [4.69, 9.17) is 4.74 Å². The highest BCUT2D eigenvalue weighted by Gasteiger charge is 2.40. The summed E-state index contributed by atoms with van der Waals surface area (Å²) < 4.78 is 45.7. The Morgan fingerprint density at radius 3 is 2.46 bits per heavy atom. The van der Waals surface area contributed by atoms with E-state index in [9.17, 15) is 23.2 Å². The molecule has 1 aliphatic rings. The fourth-order valence-corrected chi connectivity index (χ4v) is 3.91. The van der Waals surface area contributed by atoms with Gasteiger partial charge in [0.15, 0.2) is 5.50 Å². The maximum atomic E-state index is 14.6. The number of aryl methyl sites for hydroxylation is 1. The van der Waals surface area contributed by atoms with E-state index in [1.807, 2.05) is 0 Å². The van der Waals surface area contributed by atoms with Gasteiger partial charge in [-0.3, -0.25) is 9.33 Å². The lowest BCUT2D eigenvalue weighted by Gasteiger charge is -2.44. The van der Waals surface area contributed by atoms with Crippen molar-refractivity contribution in [3.63, 3.8) is 0 Å². The van der Waals surface area contributed by atoms with Crippen LogP contribution >= 0.6 is 11.8 Å². The second kappa shape index (κ2) is 7.77. The summed E-state index contributed by atoms with van der Waals surface area (Å²) in [5.74, 6) is -0.492. The first-order valence-corrected chi connectivity index (χ1v) is 9.23. The number of quaternary nitrogens is 1. The van der Waals surface area contributed by atoms with Gasteiger partial charge in [0.2, 0.25) is 0 Å². The maximum absolute atomic E-state index is 14.6. The Morgan fingerprint density at radius 1 is 1.38 bits per heavy atom. The van der Waals surface area contributed by atoms with Crippen molar-refractivity contribution in [3.8, 4) is 0 Å². The van der Waals surface area contributed by atoms with Gasteiger partial charge < -0.3 is 9.94 Å². The number of hydrogen-bond acceptors (Lipinski definition) is 5. The Hall–Kier alpha value is -1.26. The third-order valence-corrected chi connectivity index (χ3v) is 5.27. The van der Waals surface area contributed by atoms with Gasteiger partial charge in [0.25, 0.3) is 6.43 Å². The first kappa shape index (κ1) is 21.0. The summed E-state index contributed by atoms with van der Waals surface area (Å²) in [7, 11) is 1.49. The van der Waals surface area contributed by atoms with E-state index < -0.39 is 39.9 Å². The molecule has 148 valence electrons. The summed E-state index contributed by atoms with van der Waals surface area (Å²) in [6.45, 7) is 4.84.